The first-order valence-electron chi connectivity index (χ1n) is 4.66. The maximum Gasteiger partial charge on any atom is 0.165 e. The Kier molecular flexibility index (Phi) is 4.74. The van der Waals surface area contributed by atoms with Crippen molar-refractivity contribution >= 4 is 11.6 Å². The third kappa shape index (κ3) is 3.18. The van der Waals surface area contributed by atoms with E-state index in [1.807, 2.05) is 6.07 Å². The van der Waals surface area contributed by atoms with E-state index in [0.29, 0.717) is 11.6 Å². The van der Waals surface area contributed by atoms with E-state index in [1.54, 1.807) is 6.07 Å². The maximum atomic E-state index is 13.2. The molecular formula is C11H14ClFO. The van der Waals surface area contributed by atoms with Gasteiger partial charge in [-0.2, -0.15) is 0 Å². The number of halogens is 2. The number of aryl methyl sites for hydroxylation is 1. The first-order chi connectivity index (χ1) is 6.77. The van der Waals surface area contributed by atoms with Crippen LogP contribution < -0.4 is 4.74 Å². The van der Waals surface area contributed by atoms with Gasteiger partial charge in [-0.3, -0.25) is 0 Å². The van der Waals surface area contributed by atoms with Gasteiger partial charge in [-0.15, -0.1) is 11.6 Å². The molecule has 1 aromatic carbocycles. The summed E-state index contributed by atoms with van der Waals surface area (Å²) in [6.45, 7) is 0. The number of alkyl halides is 1. The first-order valence-corrected chi connectivity index (χ1v) is 5.19. The third-order valence-corrected chi connectivity index (χ3v) is 2.33. The predicted molar refractivity (Wildman–Crippen MR) is 56.6 cm³/mol. The summed E-state index contributed by atoms with van der Waals surface area (Å²) in [5.74, 6) is 0.667. The van der Waals surface area contributed by atoms with E-state index in [0.717, 1.165) is 24.8 Å². The fraction of sp³-hybridized carbons (Fsp3) is 0.455. The number of benzene rings is 1. The Labute approximate surface area is 88.8 Å². The minimum absolute atomic E-state index is 0.295. The van der Waals surface area contributed by atoms with Crippen molar-refractivity contribution in [3.63, 3.8) is 0 Å². The monoisotopic (exact) mass is 216 g/mol. The lowest BCUT2D eigenvalue weighted by Gasteiger charge is -2.04. The lowest BCUT2D eigenvalue weighted by atomic mass is 10.1. The molecule has 78 valence electrons. The van der Waals surface area contributed by atoms with Crippen molar-refractivity contribution in [1.82, 2.24) is 0 Å². The third-order valence-electron chi connectivity index (χ3n) is 2.07. The van der Waals surface area contributed by atoms with E-state index in [-0.39, 0.29) is 5.82 Å². The molecular weight excluding hydrogens is 203 g/mol. The zero-order valence-corrected chi connectivity index (χ0v) is 8.98. The van der Waals surface area contributed by atoms with Crippen LogP contribution in [-0.2, 0) is 6.42 Å². The van der Waals surface area contributed by atoms with Crippen molar-refractivity contribution in [2.24, 2.45) is 0 Å². The van der Waals surface area contributed by atoms with Crippen LogP contribution in [0.4, 0.5) is 4.39 Å². The van der Waals surface area contributed by atoms with Gasteiger partial charge < -0.3 is 4.74 Å². The summed E-state index contributed by atoms with van der Waals surface area (Å²) >= 11 is 5.55. The molecule has 0 heterocycles. The average molecular weight is 217 g/mol. The molecule has 0 saturated heterocycles. The molecule has 0 aliphatic carbocycles. The van der Waals surface area contributed by atoms with Crippen LogP contribution in [0.5, 0.6) is 5.75 Å². The largest absolute Gasteiger partial charge is 0.494 e. The van der Waals surface area contributed by atoms with Crippen molar-refractivity contribution in [2.45, 2.75) is 19.3 Å². The molecule has 1 nitrogen and oxygen atoms in total. The van der Waals surface area contributed by atoms with Crippen LogP contribution in [0, 0.1) is 5.82 Å². The van der Waals surface area contributed by atoms with Crippen molar-refractivity contribution in [2.75, 3.05) is 13.0 Å². The Bertz CT molecular complexity index is 289. The molecule has 1 aromatic rings. The van der Waals surface area contributed by atoms with E-state index >= 15 is 0 Å². The van der Waals surface area contributed by atoms with Gasteiger partial charge in [0.1, 0.15) is 0 Å². The van der Waals surface area contributed by atoms with E-state index in [1.165, 1.54) is 13.2 Å². The highest BCUT2D eigenvalue weighted by atomic mass is 35.5. The van der Waals surface area contributed by atoms with Gasteiger partial charge in [0, 0.05) is 5.88 Å². The molecule has 0 amide bonds. The van der Waals surface area contributed by atoms with Gasteiger partial charge in [0.25, 0.3) is 0 Å². The van der Waals surface area contributed by atoms with Crippen LogP contribution in [0.3, 0.4) is 0 Å². The summed E-state index contributed by atoms with van der Waals surface area (Å²) in [5, 5.41) is 0. The smallest absolute Gasteiger partial charge is 0.165 e. The molecule has 0 bridgehead atoms. The van der Waals surface area contributed by atoms with Crippen molar-refractivity contribution in [3.8, 4) is 5.75 Å². The number of rotatable bonds is 5. The lowest BCUT2D eigenvalue weighted by molar-refractivity contribution is 0.386. The number of hydrogen-bond acceptors (Lipinski definition) is 1. The minimum Gasteiger partial charge on any atom is -0.494 e. The summed E-state index contributed by atoms with van der Waals surface area (Å²) < 4.78 is 18.0. The van der Waals surface area contributed by atoms with Gasteiger partial charge in [-0.25, -0.2) is 4.39 Å². The molecule has 0 fully saturated rings. The van der Waals surface area contributed by atoms with Crippen molar-refractivity contribution < 1.29 is 9.13 Å². The Hall–Kier alpha value is -0.760. The molecule has 0 N–H and O–H groups in total. The Morgan fingerprint density at radius 3 is 2.71 bits per heavy atom. The van der Waals surface area contributed by atoms with Crippen LogP contribution in [0.1, 0.15) is 18.4 Å². The molecule has 0 aliphatic rings. The van der Waals surface area contributed by atoms with Crippen LogP contribution >= 0.6 is 11.6 Å². The standard InChI is InChI=1S/C11H14ClFO/c1-14-11-6-5-9(8-10(11)13)4-2-3-7-12/h5-6,8H,2-4,7H2,1H3. The topological polar surface area (TPSA) is 9.23 Å². The number of ether oxygens (including phenoxy) is 1. The highest BCUT2D eigenvalue weighted by Gasteiger charge is 2.02. The van der Waals surface area contributed by atoms with Crippen LogP contribution in [0.15, 0.2) is 18.2 Å². The second-order valence-electron chi connectivity index (χ2n) is 3.11. The highest BCUT2D eigenvalue weighted by molar-refractivity contribution is 6.17. The number of unbranched alkanes of at least 4 members (excludes halogenated alkanes) is 1. The van der Waals surface area contributed by atoms with Gasteiger partial charge in [0.2, 0.25) is 0 Å². The predicted octanol–water partition coefficient (Wildman–Crippen LogP) is 3.40. The second kappa shape index (κ2) is 5.86. The molecule has 3 heteroatoms. The maximum absolute atomic E-state index is 13.2. The normalized spacial score (nSPS) is 10.2. The van der Waals surface area contributed by atoms with E-state index < -0.39 is 0 Å². The Morgan fingerprint density at radius 1 is 1.36 bits per heavy atom. The summed E-state index contributed by atoms with van der Waals surface area (Å²) in [6.07, 6.45) is 2.83. The summed E-state index contributed by atoms with van der Waals surface area (Å²) in [7, 11) is 1.46. The van der Waals surface area contributed by atoms with E-state index in [2.05, 4.69) is 0 Å². The number of methoxy groups -OCH3 is 1. The van der Waals surface area contributed by atoms with Gasteiger partial charge in [-0.05, 0) is 37.0 Å². The Balaban J connectivity index is 2.57. The average Bonchev–Trinajstić information content (AvgIpc) is 2.18. The van der Waals surface area contributed by atoms with Gasteiger partial charge in [0.05, 0.1) is 7.11 Å². The zero-order valence-electron chi connectivity index (χ0n) is 8.22. The van der Waals surface area contributed by atoms with Gasteiger partial charge >= 0.3 is 0 Å². The van der Waals surface area contributed by atoms with Crippen molar-refractivity contribution in [3.05, 3.63) is 29.6 Å². The van der Waals surface area contributed by atoms with Crippen LogP contribution in [0.2, 0.25) is 0 Å². The van der Waals surface area contributed by atoms with E-state index in [9.17, 15) is 4.39 Å². The molecule has 14 heavy (non-hydrogen) atoms. The first kappa shape index (κ1) is 11.3. The van der Waals surface area contributed by atoms with Gasteiger partial charge in [-0.1, -0.05) is 6.07 Å². The molecule has 1 rings (SSSR count). The Morgan fingerprint density at radius 2 is 2.14 bits per heavy atom. The van der Waals surface area contributed by atoms with Crippen LogP contribution in [-0.4, -0.2) is 13.0 Å². The molecule has 0 unspecified atom stereocenters. The lowest BCUT2D eigenvalue weighted by Crippen LogP contribution is -1.91. The fourth-order valence-corrected chi connectivity index (χ4v) is 1.48. The molecule has 0 saturated carbocycles. The van der Waals surface area contributed by atoms with E-state index in [4.69, 9.17) is 16.3 Å². The summed E-state index contributed by atoms with van der Waals surface area (Å²) in [4.78, 5) is 0. The molecule has 0 aliphatic heterocycles. The van der Waals surface area contributed by atoms with Crippen LogP contribution in [0.25, 0.3) is 0 Å². The highest BCUT2D eigenvalue weighted by Crippen LogP contribution is 2.18. The zero-order chi connectivity index (χ0) is 10.4. The minimum atomic E-state index is -0.295. The van der Waals surface area contributed by atoms with Crippen molar-refractivity contribution in [1.29, 1.82) is 0 Å². The molecule has 0 aromatic heterocycles. The quantitative estimate of drug-likeness (QED) is 0.542. The van der Waals surface area contributed by atoms with Gasteiger partial charge in [0.15, 0.2) is 11.6 Å². The second-order valence-corrected chi connectivity index (χ2v) is 3.49. The number of hydrogen-bond donors (Lipinski definition) is 0. The summed E-state index contributed by atoms with van der Waals surface area (Å²) in [6, 6.07) is 5.06. The molecule has 0 atom stereocenters. The SMILES string of the molecule is COc1ccc(CCCCCl)cc1F. The summed E-state index contributed by atoms with van der Waals surface area (Å²) in [5.41, 5.74) is 0.994. The fourth-order valence-electron chi connectivity index (χ4n) is 1.29. The molecule has 0 spiro atoms. The molecule has 0 radical (unpaired) electrons.